The molecule has 1 aliphatic rings. The zero-order valence-electron chi connectivity index (χ0n) is 10.0. The molecule has 0 heterocycles. The lowest BCUT2D eigenvalue weighted by Crippen LogP contribution is -2.38. The van der Waals surface area contributed by atoms with Gasteiger partial charge in [0.2, 0.25) is 0 Å². The van der Waals surface area contributed by atoms with Gasteiger partial charge in [0.1, 0.15) is 5.82 Å². The van der Waals surface area contributed by atoms with E-state index in [0.29, 0.717) is 17.0 Å². The van der Waals surface area contributed by atoms with Gasteiger partial charge >= 0.3 is 0 Å². The highest BCUT2D eigenvalue weighted by Gasteiger charge is 2.42. The van der Waals surface area contributed by atoms with Crippen LogP contribution in [0.15, 0.2) is 18.2 Å². The molecule has 1 saturated carbocycles. The molecule has 1 aromatic carbocycles. The van der Waals surface area contributed by atoms with Crippen LogP contribution in [-0.2, 0) is 5.60 Å². The monoisotopic (exact) mass is 256 g/mol. The summed E-state index contributed by atoms with van der Waals surface area (Å²) in [6.45, 7) is 2.04. The van der Waals surface area contributed by atoms with Crippen molar-refractivity contribution in [3.63, 3.8) is 0 Å². The largest absolute Gasteiger partial charge is 0.385 e. The van der Waals surface area contributed by atoms with Crippen molar-refractivity contribution in [3.8, 4) is 0 Å². The van der Waals surface area contributed by atoms with E-state index in [1.54, 1.807) is 12.1 Å². The summed E-state index contributed by atoms with van der Waals surface area (Å²) in [6.07, 6.45) is 4.43. The molecule has 2 rings (SSSR count). The van der Waals surface area contributed by atoms with Gasteiger partial charge in [-0.05, 0) is 30.9 Å². The van der Waals surface area contributed by atoms with Gasteiger partial charge in [-0.3, -0.25) is 0 Å². The quantitative estimate of drug-likeness (QED) is 0.838. The van der Waals surface area contributed by atoms with E-state index in [1.165, 1.54) is 6.07 Å². The van der Waals surface area contributed by atoms with Crippen molar-refractivity contribution in [1.29, 1.82) is 0 Å². The number of halogens is 2. The minimum absolute atomic E-state index is 0.102. The zero-order chi connectivity index (χ0) is 12.5. The average molecular weight is 257 g/mol. The topological polar surface area (TPSA) is 20.2 Å². The van der Waals surface area contributed by atoms with Gasteiger partial charge in [-0.1, -0.05) is 43.9 Å². The van der Waals surface area contributed by atoms with Crippen LogP contribution in [0, 0.1) is 11.7 Å². The molecule has 1 nitrogen and oxygen atoms in total. The lowest BCUT2D eigenvalue weighted by Gasteiger charge is -2.40. The van der Waals surface area contributed by atoms with Crippen molar-refractivity contribution in [2.24, 2.45) is 5.92 Å². The molecule has 0 aliphatic heterocycles. The predicted octanol–water partition coefficient (Wildman–Crippen LogP) is 4.27. The standard InChI is InChI=1S/C14H18ClFO/c1-2-10-6-3-4-9-14(10,17)13-11(15)7-5-8-12(13)16/h5,7-8,10,17H,2-4,6,9H2,1H3. The van der Waals surface area contributed by atoms with Crippen molar-refractivity contribution in [1.82, 2.24) is 0 Å². The summed E-state index contributed by atoms with van der Waals surface area (Å²) >= 11 is 6.07. The summed E-state index contributed by atoms with van der Waals surface area (Å²) in [5, 5.41) is 11.2. The summed E-state index contributed by atoms with van der Waals surface area (Å²) in [5.41, 5.74) is -0.789. The first kappa shape index (κ1) is 12.8. The van der Waals surface area contributed by atoms with Crippen LogP contribution in [0.25, 0.3) is 0 Å². The van der Waals surface area contributed by atoms with Crippen molar-refractivity contribution in [3.05, 3.63) is 34.6 Å². The molecule has 1 fully saturated rings. The molecular formula is C14H18ClFO. The molecule has 0 saturated heterocycles. The highest BCUT2D eigenvalue weighted by molar-refractivity contribution is 6.31. The molecule has 1 N–H and O–H groups in total. The number of benzene rings is 1. The predicted molar refractivity (Wildman–Crippen MR) is 67.6 cm³/mol. The third kappa shape index (κ3) is 2.21. The first-order valence-electron chi connectivity index (χ1n) is 6.26. The van der Waals surface area contributed by atoms with Crippen LogP contribution in [0.5, 0.6) is 0 Å². The van der Waals surface area contributed by atoms with Crippen LogP contribution in [-0.4, -0.2) is 5.11 Å². The van der Waals surface area contributed by atoms with E-state index in [2.05, 4.69) is 0 Å². The van der Waals surface area contributed by atoms with Gasteiger partial charge < -0.3 is 5.11 Å². The Balaban J connectivity index is 2.48. The summed E-state index contributed by atoms with van der Waals surface area (Å²) in [7, 11) is 0. The Morgan fingerprint density at radius 2 is 2.24 bits per heavy atom. The summed E-state index contributed by atoms with van der Waals surface area (Å²) in [4.78, 5) is 0. The van der Waals surface area contributed by atoms with E-state index >= 15 is 0 Å². The lowest BCUT2D eigenvalue weighted by atomic mass is 9.70. The van der Waals surface area contributed by atoms with Crippen molar-refractivity contribution in [2.75, 3.05) is 0 Å². The molecule has 0 spiro atoms. The molecule has 3 heteroatoms. The maximum Gasteiger partial charge on any atom is 0.130 e. The molecule has 17 heavy (non-hydrogen) atoms. The Hall–Kier alpha value is -0.600. The summed E-state index contributed by atoms with van der Waals surface area (Å²) in [5.74, 6) is -0.286. The SMILES string of the molecule is CCC1CCCCC1(O)c1c(F)cccc1Cl. The van der Waals surface area contributed by atoms with Crippen LogP contribution >= 0.6 is 11.6 Å². The average Bonchev–Trinajstić information content (AvgIpc) is 2.29. The number of rotatable bonds is 2. The Bertz CT molecular complexity index is 387. The molecule has 2 unspecified atom stereocenters. The molecule has 2 atom stereocenters. The fourth-order valence-electron chi connectivity index (χ4n) is 3.01. The normalized spacial score (nSPS) is 29.3. The second-order valence-electron chi connectivity index (χ2n) is 4.87. The molecule has 0 aromatic heterocycles. The van der Waals surface area contributed by atoms with Crippen molar-refractivity contribution < 1.29 is 9.50 Å². The molecule has 0 radical (unpaired) electrons. The number of hydrogen-bond acceptors (Lipinski definition) is 1. The molecule has 0 bridgehead atoms. The third-order valence-electron chi connectivity index (χ3n) is 3.92. The molecule has 1 aliphatic carbocycles. The van der Waals surface area contributed by atoms with Gasteiger partial charge in [0.15, 0.2) is 0 Å². The smallest absolute Gasteiger partial charge is 0.130 e. The highest BCUT2D eigenvalue weighted by Crippen LogP contribution is 2.46. The number of aliphatic hydroxyl groups is 1. The van der Waals surface area contributed by atoms with Crippen LogP contribution in [0.4, 0.5) is 4.39 Å². The third-order valence-corrected chi connectivity index (χ3v) is 4.24. The minimum atomic E-state index is -1.09. The molecule has 1 aromatic rings. The van der Waals surface area contributed by atoms with E-state index < -0.39 is 5.60 Å². The maximum absolute atomic E-state index is 13.9. The summed E-state index contributed by atoms with van der Waals surface area (Å²) in [6, 6.07) is 4.61. The van der Waals surface area contributed by atoms with E-state index in [0.717, 1.165) is 25.7 Å². The van der Waals surface area contributed by atoms with E-state index in [1.807, 2.05) is 6.92 Å². The Kier molecular flexibility index (Phi) is 3.74. The Morgan fingerprint density at radius 1 is 1.47 bits per heavy atom. The first-order valence-corrected chi connectivity index (χ1v) is 6.64. The first-order chi connectivity index (χ1) is 8.09. The maximum atomic E-state index is 13.9. The second-order valence-corrected chi connectivity index (χ2v) is 5.28. The van der Waals surface area contributed by atoms with Gasteiger partial charge in [0, 0.05) is 10.6 Å². The Labute approximate surface area is 107 Å². The van der Waals surface area contributed by atoms with Crippen molar-refractivity contribution >= 4 is 11.6 Å². The van der Waals surface area contributed by atoms with Gasteiger partial charge in [0.05, 0.1) is 5.60 Å². The van der Waals surface area contributed by atoms with Gasteiger partial charge in [0.25, 0.3) is 0 Å². The van der Waals surface area contributed by atoms with E-state index in [4.69, 9.17) is 11.6 Å². The molecule has 0 amide bonds. The molecule has 94 valence electrons. The fourth-order valence-corrected chi connectivity index (χ4v) is 3.34. The zero-order valence-corrected chi connectivity index (χ0v) is 10.8. The van der Waals surface area contributed by atoms with Crippen LogP contribution in [0.2, 0.25) is 5.02 Å². The van der Waals surface area contributed by atoms with Crippen LogP contribution in [0.3, 0.4) is 0 Å². The van der Waals surface area contributed by atoms with Gasteiger partial charge in [-0.2, -0.15) is 0 Å². The van der Waals surface area contributed by atoms with Crippen LogP contribution in [0.1, 0.15) is 44.6 Å². The Morgan fingerprint density at radius 3 is 2.88 bits per heavy atom. The number of hydrogen-bond donors (Lipinski definition) is 1. The molecular weight excluding hydrogens is 239 g/mol. The van der Waals surface area contributed by atoms with Crippen molar-refractivity contribution in [2.45, 2.75) is 44.6 Å². The summed E-state index contributed by atoms with van der Waals surface area (Å²) < 4.78 is 13.9. The lowest BCUT2D eigenvalue weighted by molar-refractivity contribution is -0.0582. The van der Waals surface area contributed by atoms with E-state index in [9.17, 15) is 9.50 Å². The van der Waals surface area contributed by atoms with Gasteiger partial charge in [-0.25, -0.2) is 4.39 Å². The second kappa shape index (κ2) is 4.95. The minimum Gasteiger partial charge on any atom is -0.385 e. The highest BCUT2D eigenvalue weighted by atomic mass is 35.5. The van der Waals surface area contributed by atoms with Gasteiger partial charge in [-0.15, -0.1) is 0 Å². The van der Waals surface area contributed by atoms with E-state index in [-0.39, 0.29) is 11.7 Å². The fraction of sp³-hybridized carbons (Fsp3) is 0.571. The van der Waals surface area contributed by atoms with Crippen LogP contribution < -0.4 is 0 Å².